The van der Waals surface area contributed by atoms with E-state index < -0.39 is 8.24 Å². The maximum Gasteiger partial charge on any atom is 0.126 e. The molecule has 4 aromatic rings. The Kier molecular flexibility index (Phi) is 6.25. The van der Waals surface area contributed by atoms with E-state index in [2.05, 4.69) is 156 Å². The SMILES string of the molecule is CC1(C)C2=CC3C(C=C2c2ccc(-n4c5ccccc5c5ccccc54)cc21)CCC3[Si](C)(C)N(C(C)(C)C)C(C)(C)C. The highest BCUT2D eigenvalue weighted by molar-refractivity contribution is 6.76. The Morgan fingerprint density at radius 1 is 0.767 bits per heavy atom. The molecule has 3 aliphatic rings. The third kappa shape index (κ3) is 4.21. The van der Waals surface area contributed by atoms with Gasteiger partial charge in [-0.2, -0.15) is 0 Å². The summed E-state index contributed by atoms with van der Waals surface area (Å²) in [6.45, 7) is 24.9. The van der Waals surface area contributed by atoms with Gasteiger partial charge in [-0.15, -0.1) is 0 Å². The summed E-state index contributed by atoms with van der Waals surface area (Å²) in [5.41, 5.74) is 10.9. The van der Waals surface area contributed by atoms with Crippen LogP contribution in [0.1, 0.15) is 79.4 Å². The molecule has 1 heterocycles. The molecule has 0 bridgehead atoms. The molecule has 43 heavy (non-hydrogen) atoms. The van der Waals surface area contributed by atoms with Crippen LogP contribution in [0.5, 0.6) is 0 Å². The molecule has 224 valence electrons. The van der Waals surface area contributed by atoms with Crippen LogP contribution in [0, 0.1) is 11.8 Å². The molecule has 3 aliphatic carbocycles. The highest BCUT2D eigenvalue weighted by Crippen LogP contribution is 2.59. The molecule has 0 aliphatic heterocycles. The maximum atomic E-state index is 2.95. The van der Waals surface area contributed by atoms with E-state index >= 15 is 0 Å². The van der Waals surface area contributed by atoms with Gasteiger partial charge in [0.25, 0.3) is 0 Å². The first-order valence-corrected chi connectivity index (χ1v) is 19.5. The molecule has 1 saturated carbocycles. The zero-order valence-corrected chi connectivity index (χ0v) is 29.0. The lowest BCUT2D eigenvalue weighted by atomic mass is 9.76. The molecule has 3 atom stereocenters. The van der Waals surface area contributed by atoms with Crippen molar-refractivity contribution in [1.29, 1.82) is 0 Å². The standard InChI is InChI=1S/C40H50N2Si/c1-38(2,3)42(39(4,5)6)43(9,10)37-22-19-26-23-32-28-21-20-27(24-33(28)40(7,8)34(32)25-31(26)37)41-35-17-13-11-15-29(35)30-16-12-14-18-36(30)41/h11-18,20-21,23-26,31,37H,19,22H2,1-10H3. The van der Waals surface area contributed by atoms with Crippen molar-refractivity contribution >= 4 is 35.6 Å². The van der Waals surface area contributed by atoms with Gasteiger partial charge in [-0.05, 0) is 112 Å². The molecule has 3 unspecified atom stereocenters. The van der Waals surface area contributed by atoms with E-state index in [1.807, 2.05) is 0 Å². The topological polar surface area (TPSA) is 8.17 Å². The van der Waals surface area contributed by atoms with E-state index in [1.54, 1.807) is 5.57 Å². The van der Waals surface area contributed by atoms with Crippen molar-refractivity contribution in [2.24, 2.45) is 11.8 Å². The van der Waals surface area contributed by atoms with Crippen molar-refractivity contribution < 1.29 is 0 Å². The lowest BCUT2D eigenvalue weighted by Gasteiger charge is -2.57. The van der Waals surface area contributed by atoms with Crippen LogP contribution in [-0.2, 0) is 5.41 Å². The molecule has 1 fully saturated rings. The summed E-state index contributed by atoms with van der Waals surface area (Å²) in [6, 6.07) is 25.0. The number of rotatable bonds is 3. The Bertz CT molecular complexity index is 1750. The predicted molar refractivity (Wildman–Crippen MR) is 189 cm³/mol. The number of hydrogen-bond donors (Lipinski definition) is 0. The number of aromatic nitrogens is 1. The Balaban J connectivity index is 1.32. The van der Waals surface area contributed by atoms with Crippen molar-refractivity contribution in [3.8, 4) is 5.69 Å². The molecule has 0 saturated heterocycles. The van der Waals surface area contributed by atoms with E-state index in [1.165, 1.54) is 57.0 Å². The van der Waals surface area contributed by atoms with Gasteiger partial charge in [-0.25, -0.2) is 0 Å². The fourth-order valence-electron chi connectivity index (χ4n) is 10.3. The summed E-state index contributed by atoms with van der Waals surface area (Å²) in [6.07, 6.45) is 8.15. The van der Waals surface area contributed by atoms with E-state index in [0.717, 1.165) is 5.54 Å². The Labute approximate surface area is 260 Å². The van der Waals surface area contributed by atoms with Crippen LogP contribution >= 0.6 is 0 Å². The summed E-state index contributed by atoms with van der Waals surface area (Å²) >= 11 is 0. The quantitative estimate of drug-likeness (QED) is 0.217. The molecule has 2 nitrogen and oxygen atoms in total. The molecule has 0 radical (unpaired) electrons. The fourth-order valence-corrected chi connectivity index (χ4v) is 16.3. The summed E-state index contributed by atoms with van der Waals surface area (Å²) in [5, 5.41) is 2.64. The van der Waals surface area contributed by atoms with Crippen LogP contribution in [0.25, 0.3) is 33.1 Å². The molecule has 3 heteroatoms. The van der Waals surface area contributed by atoms with Gasteiger partial charge in [0.2, 0.25) is 0 Å². The third-order valence-electron chi connectivity index (χ3n) is 11.1. The van der Waals surface area contributed by atoms with Gasteiger partial charge in [-0.1, -0.05) is 88.0 Å². The van der Waals surface area contributed by atoms with Crippen LogP contribution in [-0.4, -0.2) is 28.4 Å². The van der Waals surface area contributed by atoms with Crippen LogP contribution in [0.2, 0.25) is 18.6 Å². The molecule has 0 N–H and O–H groups in total. The van der Waals surface area contributed by atoms with Crippen molar-refractivity contribution in [3.63, 3.8) is 0 Å². The van der Waals surface area contributed by atoms with Crippen LogP contribution < -0.4 is 0 Å². The number of nitrogens with zero attached hydrogens (tertiary/aromatic N) is 2. The van der Waals surface area contributed by atoms with Crippen LogP contribution in [0.15, 0.2) is 84.5 Å². The molecular weight excluding hydrogens is 537 g/mol. The number of fused-ring (bicyclic) bond motifs is 7. The number of hydrogen-bond acceptors (Lipinski definition) is 1. The normalized spacial score (nSPS) is 23.4. The van der Waals surface area contributed by atoms with Gasteiger partial charge in [0.1, 0.15) is 8.24 Å². The van der Waals surface area contributed by atoms with Crippen molar-refractivity contribution in [2.75, 3.05) is 0 Å². The molecular formula is C40H50N2Si. The Morgan fingerprint density at radius 3 is 1.93 bits per heavy atom. The Morgan fingerprint density at radius 2 is 1.35 bits per heavy atom. The zero-order valence-electron chi connectivity index (χ0n) is 28.0. The smallest absolute Gasteiger partial charge is 0.126 e. The molecule has 1 aromatic heterocycles. The summed E-state index contributed by atoms with van der Waals surface area (Å²) < 4.78 is 5.42. The monoisotopic (exact) mass is 586 g/mol. The maximum absolute atomic E-state index is 2.95. The average molecular weight is 587 g/mol. The minimum atomic E-state index is -1.79. The Hall–Kier alpha value is -2.88. The second kappa shape index (κ2) is 9.31. The third-order valence-corrected chi connectivity index (χ3v) is 16.1. The van der Waals surface area contributed by atoms with Gasteiger partial charge in [0, 0.05) is 33.0 Å². The first-order valence-electron chi connectivity index (χ1n) is 16.5. The number of allylic oxidation sites excluding steroid dienone is 4. The average Bonchev–Trinajstić information content (AvgIpc) is 3.55. The van der Waals surface area contributed by atoms with E-state index in [0.29, 0.717) is 11.8 Å². The van der Waals surface area contributed by atoms with Crippen molar-refractivity contribution in [3.05, 3.63) is 95.6 Å². The van der Waals surface area contributed by atoms with Gasteiger partial charge in [-0.3, -0.25) is 0 Å². The highest BCUT2D eigenvalue weighted by atomic mass is 28.3. The van der Waals surface area contributed by atoms with E-state index in [4.69, 9.17) is 0 Å². The highest BCUT2D eigenvalue weighted by Gasteiger charge is 2.54. The van der Waals surface area contributed by atoms with E-state index in [-0.39, 0.29) is 16.5 Å². The van der Waals surface area contributed by atoms with Gasteiger partial charge < -0.3 is 9.13 Å². The predicted octanol–water partition coefficient (Wildman–Crippen LogP) is 10.9. The van der Waals surface area contributed by atoms with Gasteiger partial charge in [0.05, 0.1) is 11.0 Å². The fraction of sp³-hybridized carbons (Fsp3) is 0.450. The zero-order chi connectivity index (χ0) is 30.7. The van der Waals surface area contributed by atoms with Crippen LogP contribution in [0.3, 0.4) is 0 Å². The summed E-state index contributed by atoms with van der Waals surface area (Å²) in [4.78, 5) is 0. The van der Waals surface area contributed by atoms with Crippen molar-refractivity contribution in [2.45, 2.75) is 103 Å². The summed E-state index contributed by atoms with van der Waals surface area (Å²) in [7, 11) is -1.79. The van der Waals surface area contributed by atoms with Gasteiger partial charge >= 0.3 is 0 Å². The first kappa shape index (κ1) is 28.9. The largest absolute Gasteiger partial charge is 0.314 e. The molecule has 7 rings (SSSR count). The second-order valence-electron chi connectivity index (χ2n) is 16.6. The minimum absolute atomic E-state index is 0.0204. The van der Waals surface area contributed by atoms with Crippen LogP contribution in [0.4, 0.5) is 0 Å². The van der Waals surface area contributed by atoms with Gasteiger partial charge in [0.15, 0.2) is 0 Å². The minimum Gasteiger partial charge on any atom is -0.314 e. The molecule has 0 spiro atoms. The second-order valence-corrected chi connectivity index (χ2v) is 21.1. The molecule has 0 amide bonds. The number of benzene rings is 3. The van der Waals surface area contributed by atoms with E-state index in [9.17, 15) is 0 Å². The number of para-hydroxylation sites is 2. The van der Waals surface area contributed by atoms with Crippen molar-refractivity contribution in [1.82, 2.24) is 9.13 Å². The lowest BCUT2D eigenvalue weighted by Crippen LogP contribution is -2.67. The first-order chi connectivity index (χ1) is 20.1. The lowest BCUT2D eigenvalue weighted by molar-refractivity contribution is 0.122. The summed E-state index contributed by atoms with van der Waals surface area (Å²) in [5.74, 6) is 1.29. The molecule has 3 aromatic carbocycles.